The highest BCUT2D eigenvalue weighted by Crippen LogP contribution is 2.17. The van der Waals surface area contributed by atoms with Crippen molar-refractivity contribution < 1.29 is 14.4 Å². The lowest BCUT2D eigenvalue weighted by atomic mass is 9.94. The first kappa shape index (κ1) is 15.7. The van der Waals surface area contributed by atoms with Crippen LogP contribution in [0.5, 0.6) is 0 Å². The van der Waals surface area contributed by atoms with Gasteiger partial charge < -0.3 is 14.9 Å². The van der Waals surface area contributed by atoms with Gasteiger partial charge >= 0.3 is 0 Å². The highest BCUT2D eigenvalue weighted by molar-refractivity contribution is 5.96. The number of hydrogen-bond donors (Lipinski definition) is 2. The number of aromatic nitrogens is 1. The molecule has 1 unspecified atom stereocenters. The van der Waals surface area contributed by atoms with Crippen LogP contribution in [0.1, 0.15) is 55.9 Å². The molecule has 19 heavy (non-hydrogen) atoms. The molecule has 0 bridgehead atoms. The normalized spacial score (nSPS) is 14.5. The number of aliphatic hydroxyl groups is 1. The first-order valence-corrected chi connectivity index (χ1v) is 6.72. The van der Waals surface area contributed by atoms with Crippen LogP contribution < -0.4 is 5.32 Å². The lowest BCUT2D eigenvalue weighted by Crippen LogP contribution is -2.41. The molecule has 0 saturated carbocycles. The van der Waals surface area contributed by atoms with Gasteiger partial charge in [0.2, 0.25) is 0 Å². The van der Waals surface area contributed by atoms with E-state index in [0.717, 1.165) is 0 Å². The Morgan fingerprint density at radius 2 is 2.16 bits per heavy atom. The van der Waals surface area contributed by atoms with Gasteiger partial charge in [-0.25, -0.2) is 0 Å². The molecule has 0 fully saturated rings. The summed E-state index contributed by atoms with van der Waals surface area (Å²) >= 11 is 0. The summed E-state index contributed by atoms with van der Waals surface area (Å²) < 4.78 is 5.03. The Balaban J connectivity index is 2.68. The largest absolute Gasteiger partial charge is 0.388 e. The minimum absolute atomic E-state index is 0.220. The van der Waals surface area contributed by atoms with Crippen LogP contribution in [0.25, 0.3) is 0 Å². The molecule has 2 N–H and O–H groups in total. The van der Waals surface area contributed by atoms with Gasteiger partial charge in [0.05, 0.1) is 11.3 Å². The number of rotatable bonds is 6. The first-order valence-electron chi connectivity index (χ1n) is 6.72. The molecule has 1 aromatic heterocycles. The minimum Gasteiger partial charge on any atom is -0.388 e. The first-order chi connectivity index (χ1) is 8.76. The highest BCUT2D eigenvalue weighted by atomic mass is 16.5. The van der Waals surface area contributed by atoms with Crippen LogP contribution in [0.4, 0.5) is 0 Å². The number of carbonyl (C=O) groups excluding carboxylic acids is 1. The third kappa shape index (κ3) is 4.35. The van der Waals surface area contributed by atoms with E-state index in [0.29, 0.717) is 35.8 Å². The quantitative estimate of drug-likeness (QED) is 0.828. The van der Waals surface area contributed by atoms with Crippen LogP contribution >= 0.6 is 0 Å². The maximum Gasteiger partial charge on any atom is 0.256 e. The SMILES string of the molecule is CCc1noc(C)c1C(=O)NCC(C)(O)CC(C)C. The van der Waals surface area contributed by atoms with E-state index in [1.54, 1.807) is 13.8 Å². The molecule has 108 valence electrons. The van der Waals surface area contributed by atoms with E-state index in [9.17, 15) is 9.90 Å². The van der Waals surface area contributed by atoms with Crippen molar-refractivity contribution in [3.8, 4) is 0 Å². The standard InChI is InChI=1S/C14H24N2O3/c1-6-11-12(10(4)19-16-11)13(17)15-8-14(5,18)7-9(2)3/h9,18H,6-8H2,1-5H3,(H,15,17). The summed E-state index contributed by atoms with van der Waals surface area (Å²) in [7, 11) is 0. The molecule has 1 heterocycles. The summed E-state index contributed by atoms with van der Waals surface area (Å²) in [6.45, 7) is 9.66. The minimum atomic E-state index is -0.902. The average molecular weight is 268 g/mol. The predicted molar refractivity (Wildman–Crippen MR) is 73.0 cm³/mol. The fourth-order valence-electron chi connectivity index (χ4n) is 2.26. The second kappa shape index (κ2) is 6.19. The molecule has 0 aliphatic rings. The maximum absolute atomic E-state index is 12.1. The van der Waals surface area contributed by atoms with Gasteiger partial charge in [-0.2, -0.15) is 0 Å². The van der Waals surface area contributed by atoms with Crippen molar-refractivity contribution in [2.75, 3.05) is 6.54 Å². The lowest BCUT2D eigenvalue weighted by molar-refractivity contribution is 0.0368. The van der Waals surface area contributed by atoms with Gasteiger partial charge in [-0.1, -0.05) is 25.9 Å². The van der Waals surface area contributed by atoms with Gasteiger partial charge in [0, 0.05) is 6.54 Å². The molecule has 0 aliphatic heterocycles. The second-order valence-corrected chi connectivity index (χ2v) is 5.69. The summed E-state index contributed by atoms with van der Waals surface area (Å²) in [5.74, 6) is 0.646. The van der Waals surface area contributed by atoms with Gasteiger partial charge in [0.1, 0.15) is 11.3 Å². The van der Waals surface area contributed by atoms with Crippen LogP contribution in [0, 0.1) is 12.8 Å². The molecule has 1 amide bonds. The fourth-order valence-corrected chi connectivity index (χ4v) is 2.26. The van der Waals surface area contributed by atoms with E-state index in [-0.39, 0.29) is 12.5 Å². The van der Waals surface area contributed by atoms with Crippen molar-refractivity contribution in [3.63, 3.8) is 0 Å². The average Bonchev–Trinajstić information content (AvgIpc) is 2.66. The summed E-state index contributed by atoms with van der Waals surface area (Å²) in [5.41, 5.74) is 0.239. The third-order valence-electron chi connectivity index (χ3n) is 2.97. The Kier molecular flexibility index (Phi) is 5.11. The van der Waals surface area contributed by atoms with Crippen molar-refractivity contribution in [1.29, 1.82) is 0 Å². The molecule has 0 saturated heterocycles. The van der Waals surface area contributed by atoms with Gasteiger partial charge in [0.25, 0.3) is 5.91 Å². The van der Waals surface area contributed by atoms with Crippen LogP contribution in [-0.4, -0.2) is 28.3 Å². The second-order valence-electron chi connectivity index (χ2n) is 5.69. The van der Waals surface area contributed by atoms with Gasteiger partial charge in [-0.15, -0.1) is 0 Å². The summed E-state index contributed by atoms with van der Waals surface area (Å²) in [6.07, 6.45) is 1.28. The molecular weight excluding hydrogens is 244 g/mol. The molecule has 5 heteroatoms. The molecule has 0 aliphatic carbocycles. The summed E-state index contributed by atoms with van der Waals surface area (Å²) in [4.78, 5) is 12.1. The molecule has 0 radical (unpaired) electrons. The van der Waals surface area contributed by atoms with E-state index in [1.165, 1.54) is 0 Å². The Bertz CT molecular complexity index is 436. The Hall–Kier alpha value is -1.36. The van der Waals surface area contributed by atoms with E-state index >= 15 is 0 Å². The number of hydrogen-bond acceptors (Lipinski definition) is 4. The van der Waals surface area contributed by atoms with Crippen molar-refractivity contribution in [1.82, 2.24) is 10.5 Å². The smallest absolute Gasteiger partial charge is 0.256 e. The van der Waals surface area contributed by atoms with E-state index in [4.69, 9.17) is 4.52 Å². The number of nitrogens with zero attached hydrogens (tertiary/aromatic N) is 1. The molecule has 0 aromatic carbocycles. The molecular formula is C14H24N2O3. The zero-order valence-corrected chi connectivity index (χ0v) is 12.4. The van der Waals surface area contributed by atoms with Gasteiger partial charge in [0.15, 0.2) is 0 Å². The Morgan fingerprint density at radius 1 is 1.53 bits per heavy atom. The molecule has 1 aromatic rings. The molecule has 1 rings (SSSR count). The topological polar surface area (TPSA) is 75.4 Å². The molecule has 5 nitrogen and oxygen atoms in total. The number of aryl methyl sites for hydroxylation is 2. The number of nitrogens with one attached hydrogen (secondary N) is 1. The molecule has 0 spiro atoms. The van der Waals surface area contributed by atoms with Crippen LogP contribution in [0.3, 0.4) is 0 Å². The monoisotopic (exact) mass is 268 g/mol. The summed E-state index contributed by atoms with van der Waals surface area (Å²) in [6, 6.07) is 0. The van der Waals surface area contributed by atoms with Gasteiger partial charge in [-0.3, -0.25) is 4.79 Å². The number of carbonyl (C=O) groups is 1. The van der Waals surface area contributed by atoms with Crippen LogP contribution in [0.2, 0.25) is 0 Å². The molecule has 1 atom stereocenters. The van der Waals surface area contributed by atoms with Crippen molar-refractivity contribution >= 4 is 5.91 Å². The summed E-state index contributed by atoms with van der Waals surface area (Å²) in [5, 5.41) is 16.8. The van der Waals surface area contributed by atoms with E-state index in [2.05, 4.69) is 10.5 Å². The van der Waals surface area contributed by atoms with Crippen LogP contribution in [0.15, 0.2) is 4.52 Å². The maximum atomic E-state index is 12.1. The highest BCUT2D eigenvalue weighted by Gasteiger charge is 2.25. The van der Waals surface area contributed by atoms with Gasteiger partial charge in [-0.05, 0) is 32.6 Å². The zero-order valence-electron chi connectivity index (χ0n) is 12.4. The zero-order chi connectivity index (χ0) is 14.6. The number of amides is 1. The van der Waals surface area contributed by atoms with Crippen molar-refractivity contribution in [2.45, 2.75) is 53.1 Å². The Labute approximate surface area is 114 Å². The van der Waals surface area contributed by atoms with E-state index in [1.807, 2.05) is 20.8 Å². The van der Waals surface area contributed by atoms with Crippen LogP contribution in [-0.2, 0) is 6.42 Å². The van der Waals surface area contributed by atoms with Crippen molar-refractivity contribution in [2.24, 2.45) is 5.92 Å². The third-order valence-corrected chi connectivity index (χ3v) is 2.97. The lowest BCUT2D eigenvalue weighted by Gasteiger charge is -2.25. The Morgan fingerprint density at radius 3 is 2.68 bits per heavy atom. The van der Waals surface area contributed by atoms with Crippen molar-refractivity contribution in [3.05, 3.63) is 17.0 Å². The fraction of sp³-hybridized carbons (Fsp3) is 0.714. The van der Waals surface area contributed by atoms with E-state index < -0.39 is 5.60 Å². The predicted octanol–water partition coefficient (Wildman–Crippen LogP) is 2.07.